The number of ether oxygens (including phenoxy) is 1. The second-order valence-corrected chi connectivity index (χ2v) is 4.35. The SMILES string of the molecule is Cc1cnc(OC(C)(C)C)c(C)c1. The lowest BCUT2D eigenvalue weighted by Gasteiger charge is -2.21. The minimum absolute atomic E-state index is 0.174. The number of hydrogen-bond acceptors (Lipinski definition) is 2. The summed E-state index contributed by atoms with van der Waals surface area (Å²) in [5, 5.41) is 0. The maximum atomic E-state index is 5.68. The van der Waals surface area contributed by atoms with E-state index in [-0.39, 0.29) is 5.60 Å². The Labute approximate surface area is 80.0 Å². The first-order valence-electron chi connectivity index (χ1n) is 4.51. The van der Waals surface area contributed by atoms with Gasteiger partial charge in [0.1, 0.15) is 5.60 Å². The van der Waals surface area contributed by atoms with Gasteiger partial charge in [0.15, 0.2) is 0 Å². The summed E-state index contributed by atoms with van der Waals surface area (Å²) in [5.41, 5.74) is 2.08. The summed E-state index contributed by atoms with van der Waals surface area (Å²) >= 11 is 0. The highest BCUT2D eigenvalue weighted by Crippen LogP contribution is 2.19. The van der Waals surface area contributed by atoms with Gasteiger partial charge < -0.3 is 4.74 Å². The monoisotopic (exact) mass is 179 g/mol. The fourth-order valence-electron chi connectivity index (χ4n) is 1.10. The average molecular weight is 179 g/mol. The smallest absolute Gasteiger partial charge is 0.216 e. The quantitative estimate of drug-likeness (QED) is 0.661. The van der Waals surface area contributed by atoms with Crippen LogP contribution in [-0.2, 0) is 0 Å². The van der Waals surface area contributed by atoms with Gasteiger partial charge in [0.25, 0.3) is 0 Å². The molecule has 0 N–H and O–H groups in total. The highest BCUT2D eigenvalue weighted by molar-refractivity contribution is 5.28. The molecule has 0 unspecified atom stereocenters. The predicted octanol–water partition coefficient (Wildman–Crippen LogP) is 2.88. The van der Waals surface area contributed by atoms with Crippen molar-refractivity contribution in [1.29, 1.82) is 0 Å². The maximum Gasteiger partial charge on any atom is 0.216 e. The molecule has 0 aliphatic heterocycles. The van der Waals surface area contributed by atoms with E-state index in [1.54, 1.807) is 0 Å². The van der Waals surface area contributed by atoms with E-state index in [2.05, 4.69) is 11.1 Å². The fraction of sp³-hybridized carbons (Fsp3) is 0.545. The van der Waals surface area contributed by atoms with Crippen LogP contribution in [0.5, 0.6) is 5.88 Å². The Hall–Kier alpha value is -1.05. The average Bonchev–Trinajstić information content (AvgIpc) is 1.93. The van der Waals surface area contributed by atoms with Crippen molar-refractivity contribution in [2.45, 2.75) is 40.2 Å². The molecule has 0 aliphatic carbocycles. The first-order valence-corrected chi connectivity index (χ1v) is 4.51. The Balaban J connectivity index is 2.90. The highest BCUT2D eigenvalue weighted by Gasteiger charge is 2.13. The molecule has 2 nitrogen and oxygen atoms in total. The molecular weight excluding hydrogens is 162 g/mol. The van der Waals surface area contributed by atoms with Crippen LogP contribution >= 0.6 is 0 Å². The molecule has 0 amide bonds. The fourth-order valence-corrected chi connectivity index (χ4v) is 1.10. The molecule has 1 rings (SSSR count). The van der Waals surface area contributed by atoms with E-state index in [9.17, 15) is 0 Å². The molecule has 0 fully saturated rings. The van der Waals surface area contributed by atoms with Crippen molar-refractivity contribution in [2.75, 3.05) is 0 Å². The second kappa shape index (κ2) is 3.36. The van der Waals surface area contributed by atoms with Gasteiger partial charge in [0.2, 0.25) is 5.88 Å². The molecule has 0 atom stereocenters. The lowest BCUT2D eigenvalue weighted by Crippen LogP contribution is -2.24. The van der Waals surface area contributed by atoms with E-state index in [1.165, 1.54) is 5.56 Å². The summed E-state index contributed by atoms with van der Waals surface area (Å²) in [6.45, 7) is 10.1. The van der Waals surface area contributed by atoms with Crippen LogP contribution < -0.4 is 4.74 Å². The third kappa shape index (κ3) is 3.05. The van der Waals surface area contributed by atoms with E-state index in [4.69, 9.17) is 4.74 Å². The van der Waals surface area contributed by atoms with Crippen molar-refractivity contribution in [3.05, 3.63) is 23.4 Å². The molecule has 13 heavy (non-hydrogen) atoms. The van der Waals surface area contributed by atoms with Crippen molar-refractivity contribution < 1.29 is 4.74 Å². The van der Waals surface area contributed by atoms with Gasteiger partial charge in [-0.2, -0.15) is 0 Å². The normalized spacial score (nSPS) is 11.5. The molecule has 0 aliphatic rings. The first kappa shape index (κ1) is 10.0. The van der Waals surface area contributed by atoms with Gasteiger partial charge in [0.05, 0.1) is 0 Å². The van der Waals surface area contributed by atoms with Gasteiger partial charge in [0, 0.05) is 11.8 Å². The second-order valence-electron chi connectivity index (χ2n) is 4.35. The number of aromatic nitrogens is 1. The minimum atomic E-state index is -0.174. The summed E-state index contributed by atoms with van der Waals surface area (Å²) in [6.07, 6.45) is 1.83. The Morgan fingerprint density at radius 2 is 1.85 bits per heavy atom. The molecule has 0 bridgehead atoms. The van der Waals surface area contributed by atoms with E-state index >= 15 is 0 Å². The molecule has 0 spiro atoms. The van der Waals surface area contributed by atoms with Gasteiger partial charge in [-0.1, -0.05) is 0 Å². The largest absolute Gasteiger partial charge is 0.472 e. The molecule has 1 heterocycles. The van der Waals surface area contributed by atoms with Crippen molar-refractivity contribution >= 4 is 0 Å². The minimum Gasteiger partial charge on any atom is -0.472 e. The molecule has 1 aromatic rings. The number of rotatable bonds is 1. The number of hydrogen-bond donors (Lipinski definition) is 0. The number of aryl methyl sites for hydroxylation is 2. The molecule has 72 valence electrons. The van der Waals surface area contributed by atoms with Gasteiger partial charge in [-0.25, -0.2) is 4.98 Å². The number of pyridine rings is 1. The summed E-state index contributed by atoms with van der Waals surface area (Å²) in [6, 6.07) is 2.08. The molecule has 2 heteroatoms. The van der Waals surface area contributed by atoms with Crippen LogP contribution in [0.1, 0.15) is 31.9 Å². The lowest BCUT2D eigenvalue weighted by atomic mass is 10.2. The van der Waals surface area contributed by atoms with Gasteiger partial charge in [-0.15, -0.1) is 0 Å². The van der Waals surface area contributed by atoms with Crippen molar-refractivity contribution in [3.63, 3.8) is 0 Å². The molecule has 0 saturated heterocycles. The van der Waals surface area contributed by atoms with Crippen LogP contribution in [0.15, 0.2) is 12.3 Å². The topological polar surface area (TPSA) is 22.1 Å². The summed E-state index contributed by atoms with van der Waals surface area (Å²) in [4.78, 5) is 4.24. The molecular formula is C11H17NO. The Morgan fingerprint density at radius 1 is 1.23 bits per heavy atom. The van der Waals surface area contributed by atoms with Crippen LogP contribution in [0.4, 0.5) is 0 Å². The van der Waals surface area contributed by atoms with Crippen LogP contribution in [0.3, 0.4) is 0 Å². The van der Waals surface area contributed by atoms with Gasteiger partial charge in [-0.05, 0) is 46.2 Å². The zero-order valence-corrected chi connectivity index (χ0v) is 9.01. The molecule has 1 aromatic heterocycles. The third-order valence-corrected chi connectivity index (χ3v) is 1.57. The summed E-state index contributed by atoms with van der Waals surface area (Å²) < 4.78 is 5.68. The van der Waals surface area contributed by atoms with Crippen molar-refractivity contribution in [1.82, 2.24) is 4.98 Å². The van der Waals surface area contributed by atoms with E-state index < -0.39 is 0 Å². The Morgan fingerprint density at radius 3 is 2.31 bits per heavy atom. The third-order valence-electron chi connectivity index (χ3n) is 1.57. The lowest BCUT2D eigenvalue weighted by molar-refractivity contribution is 0.123. The molecule has 0 aromatic carbocycles. The van der Waals surface area contributed by atoms with E-state index in [0.717, 1.165) is 11.4 Å². The van der Waals surface area contributed by atoms with E-state index in [1.807, 2.05) is 40.8 Å². The van der Waals surface area contributed by atoms with Crippen LogP contribution in [0, 0.1) is 13.8 Å². The summed E-state index contributed by atoms with van der Waals surface area (Å²) in [7, 11) is 0. The zero-order valence-electron chi connectivity index (χ0n) is 9.01. The van der Waals surface area contributed by atoms with Crippen LogP contribution in [0.2, 0.25) is 0 Å². The van der Waals surface area contributed by atoms with E-state index in [0.29, 0.717) is 0 Å². The zero-order chi connectivity index (χ0) is 10.1. The van der Waals surface area contributed by atoms with Gasteiger partial charge >= 0.3 is 0 Å². The van der Waals surface area contributed by atoms with Crippen LogP contribution in [-0.4, -0.2) is 10.6 Å². The summed E-state index contributed by atoms with van der Waals surface area (Å²) in [5.74, 6) is 0.734. The standard InChI is InChI=1S/C11H17NO/c1-8-6-9(2)10(12-7-8)13-11(3,4)5/h6-7H,1-5H3. The Bertz CT molecular complexity index is 299. The van der Waals surface area contributed by atoms with Crippen molar-refractivity contribution in [3.8, 4) is 5.88 Å². The Kier molecular flexibility index (Phi) is 2.60. The molecule has 0 radical (unpaired) electrons. The van der Waals surface area contributed by atoms with Crippen molar-refractivity contribution in [2.24, 2.45) is 0 Å². The first-order chi connectivity index (χ1) is 5.88. The number of nitrogens with zero attached hydrogens (tertiary/aromatic N) is 1. The molecule has 0 saturated carbocycles. The van der Waals surface area contributed by atoms with Gasteiger partial charge in [-0.3, -0.25) is 0 Å². The van der Waals surface area contributed by atoms with Crippen LogP contribution in [0.25, 0.3) is 0 Å². The highest BCUT2D eigenvalue weighted by atomic mass is 16.5. The predicted molar refractivity (Wildman–Crippen MR) is 54.1 cm³/mol. The maximum absolute atomic E-state index is 5.68.